The number of aromatic nitrogens is 3. The Morgan fingerprint density at radius 3 is 2.61 bits per heavy atom. The van der Waals surface area contributed by atoms with Gasteiger partial charge in [-0.15, -0.1) is 5.10 Å². The normalized spacial score (nSPS) is 25.3. The lowest BCUT2D eigenvalue weighted by Gasteiger charge is -2.37. The van der Waals surface area contributed by atoms with Gasteiger partial charge in [-0.2, -0.15) is 0 Å². The highest BCUT2D eigenvalue weighted by atomic mass is 28.3. The minimum absolute atomic E-state index is 0.0221. The van der Waals surface area contributed by atoms with Crippen LogP contribution in [0.25, 0.3) is 0 Å². The molecule has 1 N–H and O–H groups in total. The molecule has 1 aromatic heterocycles. The monoisotopic (exact) mass is 617 g/mol. The van der Waals surface area contributed by atoms with Crippen LogP contribution in [0.2, 0.25) is 18.6 Å². The Balaban J connectivity index is 1.41. The predicted octanol–water partition coefficient (Wildman–Crippen LogP) is 3.62. The number of aliphatic hydroxyl groups is 1. The molecule has 3 aliphatic rings. The second-order valence-corrected chi connectivity index (χ2v) is 17.6. The first-order valence-electron chi connectivity index (χ1n) is 15.7. The molecule has 3 aliphatic heterocycles. The summed E-state index contributed by atoms with van der Waals surface area (Å²) in [5, 5.41) is 19.1. The number of hydrogen-bond acceptors (Lipinski definition) is 7. The van der Waals surface area contributed by atoms with Gasteiger partial charge in [0.15, 0.2) is 5.60 Å². The molecule has 2 amide bonds. The predicted molar refractivity (Wildman–Crippen MR) is 171 cm³/mol. The smallest absolute Gasteiger partial charge is 0.264 e. The number of methoxy groups -OCH3 is 1. The van der Waals surface area contributed by atoms with Crippen LogP contribution in [-0.4, -0.2) is 73.4 Å². The summed E-state index contributed by atoms with van der Waals surface area (Å²) in [5.74, 6) is 0.759. The number of likely N-dealkylation sites (N-methyl/N-ethyl adjacent to an activating group) is 1. The minimum atomic E-state index is -2.27. The molecule has 6 rings (SSSR count). The van der Waals surface area contributed by atoms with Gasteiger partial charge >= 0.3 is 0 Å². The van der Waals surface area contributed by atoms with Gasteiger partial charge in [-0.25, -0.2) is 0 Å². The highest BCUT2D eigenvalue weighted by Crippen LogP contribution is 2.60. The van der Waals surface area contributed by atoms with Gasteiger partial charge in [0.05, 0.1) is 32.7 Å². The fraction of sp³-hybridized carbons (Fsp3) is 0.515. The van der Waals surface area contributed by atoms with Crippen LogP contribution >= 0.6 is 0 Å². The van der Waals surface area contributed by atoms with Crippen LogP contribution in [0.3, 0.4) is 0 Å². The molecule has 3 aromatic rings. The number of fused-ring (bicyclic) bond motifs is 2. The topological polar surface area (TPSA) is 110 Å². The number of benzene rings is 2. The maximum absolute atomic E-state index is 14.4. The number of anilines is 2. The van der Waals surface area contributed by atoms with Gasteiger partial charge in [0, 0.05) is 63.0 Å². The summed E-state index contributed by atoms with van der Waals surface area (Å²) in [4.78, 5) is 30.9. The molecule has 1 spiro atoms. The van der Waals surface area contributed by atoms with E-state index in [0.717, 1.165) is 41.2 Å². The molecule has 234 valence electrons. The van der Waals surface area contributed by atoms with Crippen LogP contribution in [0.4, 0.5) is 11.4 Å². The Labute approximate surface area is 260 Å². The average molecular weight is 618 g/mol. The number of aryl methyl sites for hydroxylation is 1. The zero-order valence-electron chi connectivity index (χ0n) is 26.3. The Morgan fingerprint density at radius 1 is 1.14 bits per heavy atom. The van der Waals surface area contributed by atoms with Crippen LogP contribution in [0, 0.1) is 5.92 Å². The molecule has 2 aromatic carbocycles. The zero-order valence-corrected chi connectivity index (χ0v) is 27.3. The van der Waals surface area contributed by atoms with Crippen molar-refractivity contribution in [1.82, 2.24) is 15.0 Å². The van der Waals surface area contributed by atoms with Gasteiger partial charge in [-0.05, 0) is 55.1 Å². The Kier molecular flexibility index (Phi) is 8.14. The molecule has 0 bridgehead atoms. The number of amides is 2. The summed E-state index contributed by atoms with van der Waals surface area (Å²) in [6.07, 6.45) is 5.18. The first-order valence-corrected chi connectivity index (χ1v) is 18.7. The van der Waals surface area contributed by atoms with E-state index in [1.807, 2.05) is 48.5 Å². The molecule has 44 heavy (non-hydrogen) atoms. The zero-order chi connectivity index (χ0) is 31.2. The number of carbonyl (C=O) groups excluding carboxylic acids is 2. The summed E-state index contributed by atoms with van der Waals surface area (Å²) in [6.45, 7) is 8.20. The van der Waals surface area contributed by atoms with Crippen molar-refractivity contribution in [1.29, 1.82) is 0 Å². The first-order chi connectivity index (χ1) is 21.1. The van der Waals surface area contributed by atoms with E-state index in [4.69, 9.17) is 9.47 Å². The molecule has 0 unspecified atom stereocenters. The number of nitrogens with zero attached hydrogens (tertiary/aromatic N) is 5. The van der Waals surface area contributed by atoms with Crippen LogP contribution in [0.1, 0.15) is 43.9 Å². The number of carbonyl (C=O) groups is 2. The molecule has 0 saturated carbocycles. The van der Waals surface area contributed by atoms with E-state index in [2.05, 4.69) is 42.5 Å². The van der Waals surface area contributed by atoms with Crippen LogP contribution in [0.15, 0.2) is 48.7 Å². The van der Waals surface area contributed by atoms with E-state index < -0.39 is 13.7 Å². The van der Waals surface area contributed by atoms with Crippen molar-refractivity contribution in [3.05, 3.63) is 59.9 Å². The largest absolute Gasteiger partial charge is 0.497 e. The summed E-state index contributed by atoms with van der Waals surface area (Å²) >= 11 is 0. The number of piperidine rings is 1. The summed E-state index contributed by atoms with van der Waals surface area (Å²) < 4.78 is 14.4. The van der Waals surface area contributed by atoms with Gasteiger partial charge < -0.3 is 24.4 Å². The van der Waals surface area contributed by atoms with Gasteiger partial charge in [-0.3, -0.25) is 14.3 Å². The number of hydrogen-bond donors (Lipinski definition) is 1. The van der Waals surface area contributed by atoms with Gasteiger partial charge in [0.25, 0.3) is 5.91 Å². The van der Waals surface area contributed by atoms with E-state index in [-0.39, 0.29) is 36.0 Å². The van der Waals surface area contributed by atoms with E-state index in [1.165, 1.54) is 5.19 Å². The molecular formula is C33H43N5O5Si. The van der Waals surface area contributed by atoms with Gasteiger partial charge in [0.1, 0.15) is 5.75 Å². The third-order valence-electron chi connectivity index (χ3n) is 10.2. The van der Waals surface area contributed by atoms with Crippen LogP contribution in [-0.2, 0) is 32.9 Å². The Morgan fingerprint density at radius 2 is 1.91 bits per heavy atom. The lowest BCUT2D eigenvalue weighted by molar-refractivity contribution is -0.145. The van der Waals surface area contributed by atoms with Crippen molar-refractivity contribution >= 4 is 36.4 Å². The molecule has 11 heteroatoms. The van der Waals surface area contributed by atoms with Crippen molar-refractivity contribution in [2.75, 3.05) is 37.1 Å². The van der Waals surface area contributed by atoms with Crippen LogP contribution < -0.4 is 19.7 Å². The third kappa shape index (κ3) is 4.94. The van der Waals surface area contributed by atoms with Crippen molar-refractivity contribution in [2.45, 2.75) is 75.9 Å². The second kappa shape index (κ2) is 11.8. The van der Waals surface area contributed by atoms with Gasteiger partial charge in [0.2, 0.25) is 5.91 Å². The minimum Gasteiger partial charge on any atom is -0.497 e. The van der Waals surface area contributed by atoms with Gasteiger partial charge in [-0.1, -0.05) is 42.6 Å². The van der Waals surface area contributed by atoms with Crippen LogP contribution in [0.5, 0.6) is 5.75 Å². The molecular weight excluding hydrogens is 574 g/mol. The van der Waals surface area contributed by atoms with Crippen molar-refractivity contribution < 1.29 is 24.2 Å². The molecule has 2 fully saturated rings. The average Bonchev–Trinajstić information content (AvgIpc) is 3.66. The van der Waals surface area contributed by atoms with E-state index in [1.54, 1.807) is 16.7 Å². The summed E-state index contributed by atoms with van der Waals surface area (Å²) in [7, 11) is 1.22. The Hall–Kier alpha value is -3.54. The van der Waals surface area contributed by atoms with Crippen molar-refractivity contribution in [3.8, 4) is 5.75 Å². The first kappa shape index (κ1) is 30.5. The lowest BCUT2D eigenvalue weighted by Crippen LogP contribution is -2.51. The lowest BCUT2D eigenvalue weighted by atomic mass is 9.82. The molecule has 2 saturated heterocycles. The standard InChI is InChI=1S/C33H43N5O5Si/c1-22-31(44(4,5)26-12-10-25(42-3)11-13-26)29(15-18-37-21-23(16-19-39)34-35-37)43-33(22)27-20-24(38-17-7-6-8-30(38)40)9-14-28(27)36(2)32(33)41/h9-14,20-22,29,31,39H,6-8,15-19H2,1-5H3/t22-,29+,31-,33+/m1/s1. The summed E-state index contributed by atoms with van der Waals surface area (Å²) in [6, 6.07) is 14.3. The molecule has 4 heterocycles. The van der Waals surface area contributed by atoms with E-state index in [0.29, 0.717) is 32.4 Å². The second-order valence-electron chi connectivity index (χ2n) is 13.0. The molecule has 10 nitrogen and oxygen atoms in total. The van der Waals surface area contributed by atoms with Crippen molar-refractivity contribution in [3.63, 3.8) is 0 Å². The number of aliphatic hydroxyl groups excluding tert-OH is 1. The quantitative estimate of drug-likeness (QED) is 0.365. The SMILES string of the molecule is COc1ccc([Si](C)(C)[C@H]2[C@H](CCn3cc(CCO)nn3)O[C@@]3(C(=O)N(C)c4ccc(N5CCCCC5=O)cc43)[C@@H]2C)cc1. The van der Waals surface area contributed by atoms with E-state index >= 15 is 0 Å². The highest BCUT2D eigenvalue weighted by Gasteiger charge is 2.65. The molecule has 0 aliphatic carbocycles. The summed E-state index contributed by atoms with van der Waals surface area (Å²) in [5.41, 5.74) is 2.21. The highest BCUT2D eigenvalue weighted by molar-refractivity contribution is 6.91. The molecule has 4 atom stereocenters. The maximum atomic E-state index is 14.4. The Bertz CT molecular complexity index is 1540. The fourth-order valence-corrected chi connectivity index (χ4v) is 11.9. The third-order valence-corrected chi connectivity index (χ3v) is 14.5. The number of ether oxygens (including phenoxy) is 2. The van der Waals surface area contributed by atoms with Crippen molar-refractivity contribution in [2.24, 2.45) is 5.92 Å². The van der Waals surface area contributed by atoms with E-state index in [9.17, 15) is 14.7 Å². The maximum Gasteiger partial charge on any atom is 0.264 e. The number of rotatable bonds is 9. The molecule has 0 radical (unpaired) electrons. The fourth-order valence-electron chi connectivity index (χ4n) is 7.86.